The third kappa shape index (κ3) is 2.79. The highest BCUT2D eigenvalue weighted by Crippen LogP contribution is 2.26. The van der Waals surface area contributed by atoms with Gasteiger partial charge >= 0.3 is 0 Å². The standard InChI is InChI=1S/C13H23FN2O/c1-13(2,3)12(17)16-8-11(9-16)15-6-4-10(14)5-7-15/h10-11H,4-9H2,1-3H3. The Balaban J connectivity index is 1.77. The van der Waals surface area contributed by atoms with Gasteiger partial charge in [-0.15, -0.1) is 0 Å². The number of likely N-dealkylation sites (tertiary alicyclic amines) is 2. The van der Waals surface area contributed by atoms with Crippen LogP contribution in [0.3, 0.4) is 0 Å². The van der Waals surface area contributed by atoms with Gasteiger partial charge in [0, 0.05) is 37.6 Å². The molecule has 98 valence electrons. The first kappa shape index (κ1) is 12.8. The number of carbonyl (C=O) groups excluding carboxylic acids is 1. The van der Waals surface area contributed by atoms with Gasteiger partial charge in [-0.25, -0.2) is 4.39 Å². The molecule has 0 unspecified atom stereocenters. The molecule has 0 aromatic heterocycles. The minimum absolute atomic E-state index is 0.231. The number of halogens is 1. The van der Waals surface area contributed by atoms with E-state index in [0.717, 1.165) is 26.2 Å². The van der Waals surface area contributed by atoms with Gasteiger partial charge in [0.2, 0.25) is 5.91 Å². The van der Waals surface area contributed by atoms with E-state index in [1.54, 1.807) is 0 Å². The maximum Gasteiger partial charge on any atom is 0.228 e. The molecule has 4 heteroatoms. The fourth-order valence-electron chi connectivity index (χ4n) is 2.56. The molecule has 2 heterocycles. The smallest absolute Gasteiger partial charge is 0.228 e. The first-order valence-corrected chi connectivity index (χ1v) is 6.55. The molecule has 1 amide bonds. The van der Waals surface area contributed by atoms with E-state index in [0.29, 0.717) is 18.9 Å². The summed E-state index contributed by atoms with van der Waals surface area (Å²) in [5, 5.41) is 0. The molecule has 0 radical (unpaired) electrons. The van der Waals surface area contributed by atoms with Gasteiger partial charge in [-0.2, -0.15) is 0 Å². The fourth-order valence-corrected chi connectivity index (χ4v) is 2.56. The minimum atomic E-state index is -0.612. The summed E-state index contributed by atoms with van der Waals surface area (Å²) in [5.74, 6) is 0.231. The van der Waals surface area contributed by atoms with Gasteiger partial charge in [0.25, 0.3) is 0 Å². The first-order chi connectivity index (χ1) is 7.88. The van der Waals surface area contributed by atoms with E-state index in [4.69, 9.17) is 0 Å². The molecule has 2 fully saturated rings. The molecular formula is C13H23FN2O. The lowest BCUT2D eigenvalue weighted by molar-refractivity contribution is -0.147. The van der Waals surface area contributed by atoms with Gasteiger partial charge in [-0.05, 0) is 12.8 Å². The number of amides is 1. The Hall–Kier alpha value is -0.640. The lowest BCUT2D eigenvalue weighted by Crippen LogP contribution is -2.63. The van der Waals surface area contributed by atoms with Crippen molar-refractivity contribution in [2.75, 3.05) is 26.2 Å². The molecule has 0 atom stereocenters. The van der Waals surface area contributed by atoms with Crippen LogP contribution in [0.25, 0.3) is 0 Å². The van der Waals surface area contributed by atoms with Gasteiger partial charge in [0.15, 0.2) is 0 Å². The molecule has 2 aliphatic heterocycles. The topological polar surface area (TPSA) is 23.6 Å². The molecule has 0 bridgehead atoms. The van der Waals surface area contributed by atoms with Gasteiger partial charge < -0.3 is 4.90 Å². The van der Waals surface area contributed by atoms with Crippen LogP contribution in [0.1, 0.15) is 33.6 Å². The number of piperidine rings is 1. The second kappa shape index (κ2) is 4.56. The molecule has 0 saturated carbocycles. The predicted molar refractivity (Wildman–Crippen MR) is 65.5 cm³/mol. The van der Waals surface area contributed by atoms with E-state index in [2.05, 4.69) is 4.90 Å². The van der Waals surface area contributed by atoms with E-state index in [1.807, 2.05) is 25.7 Å². The average Bonchev–Trinajstić information content (AvgIpc) is 2.17. The van der Waals surface area contributed by atoms with Gasteiger partial charge in [0.05, 0.1) is 0 Å². The number of alkyl halides is 1. The lowest BCUT2D eigenvalue weighted by Gasteiger charge is -2.48. The van der Waals surface area contributed by atoms with E-state index in [-0.39, 0.29) is 11.3 Å². The van der Waals surface area contributed by atoms with E-state index < -0.39 is 6.17 Å². The van der Waals surface area contributed by atoms with Crippen molar-refractivity contribution in [3.05, 3.63) is 0 Å². The zero-order valence-corrected chi connectivity index (χ0v) is 11.1. The van der Waals surface area contributed by atoms with Crippen molar-refractivity contribution in [3.8, 4) is 0 Å². The Labute approximate surface area is 103 Å². The Bertz CT molecular complexity index is 286. The summed E-state index contributed by atoms with van der Waals surface area (Å²) >= 11 is 0. The van der Waals surface area contributed by atoms with Crippen molar-refractivity contribution in [3.63, 3.8) is 0 Å². The molecule has 2 aliphatic rings. The molecule has 17 heavy (non-hydrogen) atoms. The summed E-state index contributed by atoms with van der Waals surface area (Å²) in [5.41, 5.74) is -0.281. The van der Waals surface area contributed by atoms with Crippen LogP contribution in [0.4, 0.5) is 4.39 Å². The Morgan fingerprint density at radius 2 is 1.71 bits per heavy atom. The van der Waals surface area contributed by atoms with Gasteiger partial charge in [-0.3, -0.25) is 9.69 Å². The zero-order chi connectivity index (χ0) is 12.6. The van der Waals surface area contributed by atoms with Crippen LogP contribution in [-0.2, 0) is 4.79 Å². The summed E-state index contributed by atoms with van der Waals surface area (Å²) in [6, 6.07) is 0.466. The molecule has 0 spiro atoms. The van der Waals surface area contributed by atoms with Crippen molar-refractivity contribution in [2.24, 2.45) is 5.41 Å². The van der Waals surface area contributed by atoms with Gasteiger partial charge in [-0.1, -0.05) is 20.8 Å². The first-order valence-electron chi connectivity index (χ1n) is 6.55. The molecule has 2 saturated heterocycles. The number of rotatable bonds is 1. The molecule has 3 nitrogen and oxygen atoms in total. The van der Waals surface area contributed by atoms with E-state index in [9.17, 15) is 9.18 Å². The van der Waals surface area contributed by atoms with Crippen LogP contribution in [0.15, 0.2) is 0 Å². The summed E-state index contributed by atoms with van der Waals surface area (Å²) in [6.45, 7) is 9.22. The zero-order valence-electron chi connectivity index (χ0n) is 11.1. The minimum Gasteiger partial charge on any atom is -0.339 e. The van der Waals surface area contributed by atoms with E-state index >= 15 is 0 Å². The maximum atomic E-state index is 13.0. The number of nitrogens with zero attached hydrogens (tertiary/aromatic N) is 2. The maximum absolute atomic E-state index is 13.0. The predicted octanol–water partition coefficient (Wildman–Crippen LogP) is 1.68. The second-order valence-electron chi connectivity index (χ2n) is 6.32. The molecule has 0 N–H and O–H groups in total. The third-order valence-electron chi connectivity index (χ3n) is 3.77. The molecule has 2 rings (SSSR count). The normalized spacial score (nSPS) is 24.8. The largest absolute Gasteiger partial charge is 0.339 e. The van der Waals surface area contributed by atoms with Crippen LogP contribution in [0.5, 0.6) is 0 Å². The summed E-state index contributed by atoms with van der Waals surface area (Å²) in [7, 11) is 0. The quantitative estimate of drug-likeness (QED) is 0.698. The van der Waals surface area contributed by atoms with Crippen molar-refractivity contribution < 1.29 is 9.18 Å². The van der Waals surface area contributed by atoms with Crippen molar-refractivity contribution in [1.29, 1.82) is 0 Å². The van der Waals surface area contributed by atoms with E-state index in [1.165, 1.54) is 0 Å². The fraction of sp³-hybridized carbons (Fsp3) is 0.923. The SMILES string of the molecule is CC(C)(C)C(=O)N1CC(N2CCC(F)CC2)C1. The van der Waals surface area contributed by atoms with Crippen LogP contribution in [-0.4, -0.2) is 54.1 Å². The van der Waals surface area contributed by atoms with Crippen molar-refractivity contribution >= 4 is 5.91 Å². The summed E-state index contributed by atoms with van der Waals surface area (Å²) in [6.07, 6.45) is 0.701. The van der Waals surface area contributed by atoms with Crippen LogP contribution < -0.4 is 0 Å². The summed E-state index contributed by atoms with van der Waals surface area (Å²) < 4.78 is 13.0. The van der Waals surface area contributed by atoms with Crippen LogP contribution in [0, 0.1) is 5.41 Å². The number of carbonyl (C=O) groups is 1. The Kier molecular flexibility index (Phi) is 3.43. The van der Waals surface area contributed by atoms with Crippen molar-refractivity contribution in [1.82, 2.24) is 9.80 Å². The number of hydrogen-bond donors (Lipinski definition) is 0. The second-order valence-corrected chi connectivity index (χ2v) is 6.32. The highest BCUT2D eigenvalue weighted by Gasteiger charge is 2.39. The monoisotopic (exact) mass is 242 g/mol. The molecule has 0 aromatic carbocycles. The van der Waals surface area contributed by atoms with Crippen LogP contribution >= 0.6 is 0 Å². The highest BCUT2D eigenvalue weighted by molar-refractivity contribution is 5.82. The average molecular weight is 242 g/mol. The lowest BCUT2D eigenvalue weighted by atomic mass is 9.91. The molecule has 0 aromatic rings. The van der Waals surface area contributed by atoms with Gasteiger partial charge in [0.1, 0.15) is 6.17 Å². The Morgan fingerprint density at radius 1 is 1.18 bits per heavy atom. The molecular weight excluding hydrogens is 219 g/mol. The Morgan fingerprint density at radius 3 is 2.18 bits per heavy atom. The third-order valence-corrected chi connectivity index (χ3v) is 3.77. The number of hydrogen-bond acceptors (Lipinski definition) is 2. The molecule has 0 aliphatic carbocycles. The van der Waals surface area contributed by atoms with Crippen molar-refractivity contribution in [2.45, 2.75) is 45.8 Å². The van der Waals surface area contributed by atoms with Crippen LogP contribution in [0.2, 0.25) is 0 Å². The summed E-state index contributed by atoms with van der Waals surface area (Å²) in [4.78, 5) is 16.2. The highest BCUT2D eigenvalue weighted by atomic mass is 19.1.